The van der Waals surface area contributed by atoms with Crippen molar-refractivity contribution in [3.05, 3.63) is 36.3 Å². The Labute approximate surface area is 196 Å². The first-order chi connectivity index (χ1) is 16.4. The number of allylic oxidation sites excluding steroid dienone is 1. The summed E-state index contributed by atoms with van der Waals surface area (Å²) >= 11 is -3.56. The van der Waals surface area contributed by atoms with Crippen LogP contribution >= 0.6 is 0 Å². The number of nitrogens with two attached hydrogens (primary N) is 1. The molecule has 2 aliphatic heterocycles. The third kappa shape index (κ3) is 5.65. The van der Waals surface area contributed by atoms with Crippen LogP contribution < -0.4 is 14.8 Å². The fourth-order valence-corrected chi connectivity index (χ4v) is 4.10. The van der Waals surface area contributed by atoms with E-state index in [2.05, 4.69) is 15.0 Å². The number of fused-ring (bicyclic) bond motifs is 1. The molecule has 0 spiro atoms. The van der Waals surface area contributed by atoms with E-state index in [1.54, 1.807) is 0 Å². The van der Waals surface area contributed by atoms with Crippen molar-refractivity contribution >= 4 is 33.5 Å². The number of aliphatic imine (C=N–C) groups is 1. The standard InChI is InChI=1S/C21H24F3N5O4S/c22-21(23,24)34(30)33-16-13-17(29-8-11-31-12-9-29)28-19-14(16)5-7-26-20(19)15(4-6-25)27-18-3-1-2-10-32-18/h4-7,13,18H,1-3,8-12,25H2. The Hall–Kier alpha value is -2.77. The van der Waals surface area contributed by atoms with Crippen molar-refractivity contribution in [2.24, 2.45) is 10.7 Å². The SMILES string of the molecule is NC=CC(=NC1CCCCO1)c1nccc2c(OS(=O)C(F)(F)F)cc(N3CCOCC3)nc12. The molecule has 0 aromatic carbocycles. The molecule has 2 saturated heterocycles. The first-order valence-corrected chi connectivity index (χ1v) is 11.8. The Kier molecular flexibility index (Phi) is 7.63. The van der Waals surface area contributed by atoms with Crippen molar-refractivity contribution in [3.63, 3.8) is 0 Å². The maximum atomic E-state index is 13.0. The van der Waals surface area contributed by atoms with Gasteiger partial charge in [-0.15, -0.1) is 0 Å². The van der Waals surface area contributed by atoms with Crippen molar-refractivity contribution < 1.29 is 31.0 Å². The van der Waals surface area contributed by atoms with Crippen LogP contribution in [0.5, 0.6) is 5.75 Å². The van der Waals surface area contributed by atoms with E-state index in [9.17, 15) is 17.4 Å². The predicted molar refractivity (Wildman–Crippen MR) is 121 cm³/mol. The molecule has 2 fully saturated rings. The molecule has 2 aliphatic rings. The summed E-state index contributed by atoms with van der Waals surface area (Å²) < 4.78 is 66.8. The molecule has 2 aromatic rings. The number of rotatable bonds is 6. The summed E-state index contributed by atoms with van der Waals surface area (Å²) in [5.41, 5.74) is 1.51. The number of morpholine rings is 1. The summed E-state index contributed by atoms with van der Waals surface area (Å²) in [6.45, 7) is 2.42. The molecular weight excluding hydrogens is 475 g/mol. The van der Waals surface area contributed by atoms with Crippen molar-refractivity contribution in [2.45, 2.75) is 31.0 Å². The van der Waals surface area contributed by atoms with E-state index in [1.807, 2.05) is 4.90 Å². The zero-order valence-corrected chi connectivity index (χ0v) is 19.0. The fraction of sp³-hybridized carbons (Fsp3) is 0.476. The van der Waals surface area contributed by atoms with Gasteiger partial charge < -0.3 is 24.3 Å². The van der Waals surface area contributed by atoms with Crippen LogP contribution in [-0.2, 0) is 20.6 Å². The Morgan fingerprint density at radius 3 is 2.76 bits per heavy atom. The van der Waals surface area contributed by atoms with E-state index >= 15 is 0 Å². The van der Waals surface area contributed by atoms with Gasteiger partial charge in [-0.2, -0.15) is 13.2 Å². The normalized spacial score (nSPS) is 21.2. The molecule has 0 bridgehead atoms. The molecule has 9 nitrogen and oxygen atoms in total. The first kappa shape index (κ1) is 24.4. The molecule has 0 amide bonds. The number of hydrogen-bond donors (Lipinski definition) is 1. The minimum absolute atomic E-state index is 0.210. The highest BCUT2D eigenvalue weighted by Gasteiger charge is 2.40. The van der Waals surface area contributed by atoms with Crippen LogP contribution in [0.25, 0.3) is 10.9 Å². The third-order valence-electron chi connectivity index (χ3n) is 5.30. The number of nitrogens with zero attached hydrogens (tertiary/aromatic N) is 4. The quantitative estimate of drug-likeness (QED) is 0.604. The van der Waals surface area contributed by atoms with Gasteiger partial charge in [0.2, 0.25) is 0 Å². The number of anilines is 1. The van der Waals surface area contributed by atoms with Gasteiger partial charge in [-0.25, -0.2) is 9.19 Å². The van der Waals surface area contributed by atoms with Crippen LogP contribution in [0.2, 0.25) is 0 Å². The molecule has 2 unspecified atom stereocenters. The van der Waals surface area contributed by atoms with Gasteiger partial charge in [-0.1, -0.05) is 0 Å². The lowest BCUT2D eigenvalue weighted by atomic mass is 10.1. The molecule has 34 heavy (non-hydrogen) atoms. The topological polar surface area (TPSA) is 112 Å². The highest BCUT2D eigenvalue weighted by atomic mass is 32.2. The second kappa shape index (κ2) is 10.7. The molecule has 2 N–H and O–H groups in total. The minimum Gasteiger partial charge on any atom is -0.405 e. The monoisotopic (exact) mass is 499 g/mol. The molecule has 0 radical (unpaired) electrons. The summed E-state index contributed by atoms with van der Waals surface area (Å²) in [5, 5.41) is 0.210. The van der Waals surface area contributed by atoms with Gasteiger partial charge in [0.25, 0.3) is 0 Å². The van der Waals surface area contributed by atoms with E-state index in [1.165, 1.54) is 30.6 Å². The fourth-order valence-electron chi connectivity index (χ4n) is 3.70. The van der Waals surface area contributed by atoms with Crippen molar-refractivity contribution in [1.82, 2.24) is 9.97 Å². The van der Waals surface area contributed by atoms with E-state index in [4.69, 9.17) is 19.4 Å². The average Bonchev–Trinajstić information content (AvgIpc) is 2.84. The van der Waals surface area contributed by atoms with Gasteiger partial charge in [-0.05, 0) is 37.6 Å². The lowest BCUT2D eigenvalue weighted by molar-refractivity contribution is -0.0437. The molecule has 0 aliphatic carbocycles. The number of halogens is 3. The van der Waals surface area contributed by atoms with E-state index < -0.39 is 22.8 Å². The zero-order valence-electron chi connectivity index (χ0n) is 18.2. The van der Waals surface area contributed by atoms with Gasteiger partial charge >= 0.3 is 16.6 Å². The minimum atomic E-state index is -5.04. The largest absolute Gasteiger partial charge is 0.508 e. The Morgan fingerprint density at radius 2 is 2.09 bits per heavy atom. The van der Waals surface area contributed by atoms with E-state index in [0.717, 1.165) is 19.3 Å². The van der Waals surface area contributed by atoms with Gasteiger partial charge in [0.15, 0.2) is 5.75 Å². The zero-order chi connectivity index (χ0) is 24.1. The lowest BCUT2D eigenvalue weighted by Crippen LogP contribution is -2.36. The number of ether oxygens (including phenoxy) is 2. The number of alkyl halides is 3. The highest BCUT2D eigenvalue weighted by Crippen LogP contribution is 2.34. The van der Waals surface area contributed by atoms with E-state index in [0.29, 0.717) is 50.1 Å². The van der Waals surface area contributed by atoms with Crippen molar-refractivity contribution in [1.29, 1.82) is 0 Å². The molecule has 4 heterocycles. The molecule has 0 saturated carbocycles. The Balaban J connectivity index is 1.85. The second-order valence-corrected chi connectivity index (χ2v) is 8.69. The maximum absolute atomic E-state index is 13.0. The summed E-state index contributed by atoms with van der Waals surface area (Å²) in [7, 11) is 0. The highest BCUT2D eigenvalue weighted by molar-refractivity contribution is 7.81. The van der Waals surface area contributed by atoms with Crippen LogP contribution in [-0.4, -0.2) is 64.5 Å². The number of hydrogen-bond acceptors (Lipinski definition) is 9. The summed E-state index contributed by atoms with van der Waals surface area (Å²) in [6, 6.07) is 2.81. The molecule has 2 aromatic heterocycles. The van der Waals surface area contributed by atoms with Crippen molar-refractivity contribution in [3.8, 4) is 5.75 Å². The molecule has 2 atom stereocenters. The lowest BCUT2D eigenvalue weighted by Gasteiger charge is -2.28. The predicted octanol–water partition coefficient (Wildman–Crippen LogP) is 2.82. The summed E-state index contributed by atoms with van der Waals surface area (Å²) in [5.74, 6) is 0.125. The molecule has 184 valence electrons. The second-order valence-electron chi connectivity index (χ2n) is 7.59. The summed E-state index contributed by atoms with van der Waals surface area (Å²) in [6.07, 6.45) is 6.46. The smallest absolute Gasteiger partial charge is 0.405 e. The van der Waals surface area contributed by atoms with Gasteiger partial charge in [0.05, 0.1) is 18.9 Å². The van der Waals surface area contributed by atoms with Crippen molar-refractivity contribution in [2.75, 3.05) is 37.8 Å². The van der Waals surface area contributed by atoms with Crippen LogP contribution in [0.3, 0.4) is 0 Å². The molecular formula is C21H24F3N5O4S. The average molecular weight is 500 g/mol. The van der Waals surface area contributed by atoms with Crippen LogP contribution in [0.15, 0.2) is 35.6 Å². The van der Waals surface area contributed by atoms with Crippen LogP contribution in [0.4, 0.5) is 19.0 Å². The van der Waals surface area contributed by atoms with Crippen LogP contribution in [0.1, 0.15) is 25.0 Å². The van der Waals surface area contributed by atoms with Gasteiger partial charge in [0, 0.05) is 37.3 Å². The van der Waals surface area contributed by atoms with Crippen LogP contribution in [0, 0.1) is 0 Å². The first-order valence-electron chi connectivity index (χ1n) is 10.7. The number of pyridine rings is 2. The number of aromatic nitrogens is 2. The third-order valence-corrected chi connectivity index (χ3v) is 6.01. The van der Waals surface area contributed by atoms with Gasteiger partial charge in [0.1, 0.15) is 23.3 Å². The summed E-state index contributed by atoms with van der Waals surface area (Å²) in [4.78, 5) is 15.5. The van der Waals surface area contributed by atoms with E-state index in [-0.39, 0.29) is 16.7 Å². The van der Waals surface area contributed by atoms with Gasteiger partial charge in [-0.3, -0.25) is 9.98 Å². The Bertz CT molecular complexity index is 1100. The maximum Gasteiger partial charge on any atom is 0.508 e. The Morgan fingerprint density at radius 1 is 1.29 bits per heavy atom. The molecule has 4 rings (SSSR count). The molecule has 13 heteroatoms.